The Balaban J connectivity index is 1.21. The number of aromatic hydroxyl groups is 2. The molecule has 4 aliphatic rings. The molecule has 35 heavy (non-hydrogen) atoms. The van der Waals surface area contributed by atoms with Crippen LogP contribution >= 0.6 is 0 Å². The molecular weight excluding hydrogens is 432 g/mol. The zero-order valence-corrected chi connectivity index (χ0v) is 20.0. The van der Waals surface area contributed by atoms with Gasteiger partial charge in [0.15, 0.2) is 0 Å². The van der Waals surface area contributed by atoms with Crippen molar-refractivity contribution >= 4 is 23.8 Å². The van der Waals surface area contributed by atoms with E-state index in [1.54, 1.807) is 12.4 Å². The highest BCUT2D eigenvalue weighted by Crippen LogP contribution is 2.55. The Kier molecular flexibility index (Phi) is 4.67. The summed E-state index contributed by atoms with van der Waals surface area (Å²) in [4.78, 5) is 9.53. The molecule has 2 N–H and O–H groups in total. The minimum Gasteiger partial charge on any atom is -0.507 e. The van der Waals surface area contributed by atoms with Crippen LogP contribution in [0.15, 0.2) is 52.4 Å². The van der Waals surface area contributed by atoms with Gasteiger partial charge in [0.2, 0.25) is 0 Å². The second-order valence-electron chi connectivity index (χ2n) is 11.0. The molecule has 4 nitrogen and oxygen atoms in total. The van der Waals surface area contributed by atoms with Gasteiger partial charge in [-0.3, -0.25) is 9.98 Å². The summed E-state index contributed by atoms with van der Waals surface area (Å²) in [6, 6.07) is 14.1. The van der Waals surface area contributed by atoms with Crippen LogP contribution in [0.5, 0.6) is 11.5 Å². The molecular formula is C31H30N2O2. The van der Waals surface area contributed by atoms with E-state index in [0.717, 1.165) is 28.1 Å². The summed E-state index contributed by atoms with van der Waals surface area (Å²) in [6.07, 6.45) is 11.0. The molecule has 4 heteroatoms. The third kappa shape index (κ3) is 3.34. The number of nitrogens with zero attached hydrogens (tertiary/aromatic N) is 2. The fraction of sp³-hybridized carbons (Fsp3) is 0.355. The lowest BCUT2D eigenvalue weighted by Crippen LogP contribution is -1.99. The molecule has 4 aliphatic carbocycles. The Bertz CT molecular complexity index is 1420. The standard InChI is InChI=1S/C31H30N2O2/c1-17-3-2-4-28(32-15-22-11-24-18-5-7-20(9-18)26(24)13-29(22)34)31(17)33-16-23-12-25-19-6-8-21(10-19)27(25)14-30(23)35/h2-4,11-16,18-21,34-35H,5-10H2,1H3. The number of fused-ring (bicyclic) bond motifs is 10. The Morgan fingerprint density at radius 3 is 1.71 bits per heavy atom. The van der Waals surface area contributed by atoms with Crippen molar-refractivity contribution < 1.29 is 10.2 Å². The summed E-state index contributed by atoms with van der Waals surface area (Å²) >= 11 is 0. The summed E-state index contributed by atoms with van der Waals surface area (Å²) in [5, 5.41) is 21.3. The molecule has 0 aromatic heterocycles. The van der Waals surface area contributed by atoms with E-state index in [4.69, 9.17) is 9.98 Å². The van der Waals surface area contributed by atoms with Crippen molar-refractivity contribution in [2.45, 2.75) is 69.1 Å². The molecule has 0 amide bonds. The molecule has 0 heterocycles. The molecule has 3 aromatic rings. The minimum atomic E-state index is 0.301. The van der Waals surface area contributed by atoms with Crippen LogP contribution in [-0.2, 0) is 0 Å². The highest BCUT2D eigenvalue weighted by molar-refractivity contribution is 5.90. The van der Waals surface area contributed by atoms with E-state index >= 15 is 0 Å². The maximum absolute atomic E-state index is 10.7. The van der Waals surface area contributed by atoms with E-state index < -0.39 is 0 Å². The maximum Gasteiger partial charge on any atom is 0.124 e. The van der Waals surface area contributed by atoms with E-state index in [1.807, 2.05) is 37.3 Å². The van der Waals surface area contributed by atoms with Crippen LogP contribution in [0.3, 0.4) is 0 Å². The van der Waals surface area contributed by atoms with Crippen LogP contribution in [0.25, 0.3) is 0 Å². The normalized spacial score (nSPS) is 25.7. The van der Waals surface area contributed by atoms with Gasteiger partial charge in [-0.2, -0.15) is 0 Å². The number of hydrogen-bond acceptors (Lipinski definition) is 4. The largest absolute Gasteiger partial charge is 0.507 e. The molecule has 0 spiro atoms. The number of aryl methyl sites for hydroxylation is 1. The predicted molar refractivity (Wildman–Crippen MR) is 141 cm³/mol. The fourth-order valence-corrected chi connectivity index (χ4v) is 7.18. The number of phenolic OH excluding ortho intramolecular Hbond substituents is 2. The van der Waals surface area contributed by atoms with E-state index in [-0.39, 0.29) is 0 Å². The summed E-state index contributed by atoms with van der Waals surface area (Å²) < 4.78 is 0. The molecule has 3 aromatic carbocycles. The fourth-order valence-electron chi connectivity index (χ4n) is 7.18. The molecule has 4 atom stereocenters. The number of aliphatic imine (C=N–C) groups is 2. The van der Waals surface area contributed by atoms with Crippen LogP contribution in [0.4, 0.5) is 11.4 Å². The van der Waals surface area contributed by atoms with Crippen molar-refractivity contribution in [2.75, 3.05) is 0 Å². The van der Waals surface area contributed by atoms with E-state index in [1.165, 1.54) is 60.8 Å². The molecule has 2 saturated carbocycles. The molecule has 176 valence electrons. The SMILES string of the molecule is Cc1cccc(N=Cc2cc3c(cc2O)C2CCC3C2)c1N=Cc1cc2c(cc1O)C1CCC2C1. The van der Waals surface area contributed by atoms with E-state index in [9.17, 15) is 10.2 Å². The van der Waals surface area contributed by atoms with Gasteiger partial charge < -0.3 is 10.2 Å². The number of para-hydroxylation sites is 1. The van der Waals surface area contributed by atoms with Crippen molar-refractivity contribution in [3.63, 3.8) is 0 Å². The Morgan fingerprint density at radius 1 is 0.686 bits per heavy atom. The summed E-state index contributed by atoms with van der Waals surface area (Å²) in [5.74, 6) is 3.12. The quantitative estimate of drug-likeness (QED) is 0.391. The zero-order chi connectivity index (χ0) is 23.7. The lowest BCUT2D eigenvalue weighted by atomic mass is 9.90. The third-order valence-electron chi connectivity index (χ3n) is 8.98. The molecule has 4 bridgehead atoms. The van der Waals surface area contributed by atoms with Crippen molar-refractivity contribution in [3.05, 3.63) is 81.4 Å². The topological polar surface area (TPSA) is 65.2 Å². The van der Waals surface area contributed by atoms with Gasteiger partial charge in [0.05, 0.1) is 11.4 Å². The first-order valence-electron chi connectivity index (χ1n) is 13.0. The Labute approximate surface area is 206 Å². The first kappa shape index (κ1) is 20.9. The molecule has 4 unspecified atom stereocenters. The molecule has 7 rings (SSSR count). The van der Waals surface area contributed by atoms with Gasteiger partial charge in [-0.15, -0.1) is 0 Å². The maximum atomic E-state index is 10.7. The van der Waals surface area contributed by atoms with Crippen molar-refractivity contribution in [2.24, 2.45) is 9.98 Å². The Morgan fingerprint density at radius 2 is 1.17 bits per heavy atom. The first-order chi connectivity index (χ1) is 17.0. The van der Waals surface area contributed by atoms with E-state index in [0.29, 0.717) is 35.2 Å². The second kappa shape index (κ2) is 7.81. The summed E-state index contributed by atoms with van der Waals surface area (Å²) in [7, 11) is 0. The van der Waals surface area contributed by atoms with Crippen LogP contribution in [0.1, 0.15) is 101 Å². The smallest absolute Gasteiger partial charge is 0.124 e. The van der Waals surface area contributed by atoms with Crippen molar-refractivity contribution in [1.29, 1.82) is 0 Å². The van der Waals surface area contributed by atoms with Crippen LogP contribution in [0, 0.1) is 6.92 Å². The van der Waals surface area contributed by atoms with Gasteiger partial charge >= 0.3 is 0 Å². The predicted octanol–water partition coefficient (Wildman–Crippen LogP) is 7.64. The lowest BCUT2D eigenvalue weighted by molar-refractivity contribution is 0.472. The highest BCUT2D eigenvalue weighted by Gasteiger charge is 2.38. The highest BCUT2D eigenvalue weighted by atomic mass is 16.3. The monoisotopic (exact) mass is 462 g/mol. The number of rotatable bonds is 4. The van der Waals surface area contributed by atoms with Gasteiger partial charge in [0.1, 0.15) is 11.5 Å². The van der Waals surface area contributed by atoms with Crippen molar-refractivity contribution in [3.8, 4) is 11.5 Å². The summed E-state index contributed by atoms with van der Waals surface area (Å²) in [5.41, 5.74) is 9.53. The number of benzene rings is 3. The van der Waals surface area contributed by atoms with Gasteiger partial charge in [-0.05, 0) is 127 Å². The first-order valence-corrected chi connectivity index (χ1v) is 13.0. The molecule has 0 radical (unpaired) electrons. The number of hydrogen-bond donors (Lipinski definition) is 2. The molecule has 2 fully saturated rings. The van der Waals surface area contributed by atoms with Gasteiger partial charge in [0.25, 0.3) is 0 Å². The summed E-state index contributed by atoms with van der Waals surface area (Å²) in [6.45, 7) is 2.02. The molecule has 0 saturated heterocycles. The van der Waals surface area contributed by atoms with Gasteiger partial charge in [-0.25, -0.2) is 0 Å². The van der Waals surface area contributed by atoms with Gasteiger partial charge in [0, 0.05) is 23.6 Å². The third-order valence-corrected chi connectivity index (χ3v) is 8.98. The average Bonchev–Trinajstić information content (AvgIpc) is 3.64. The van der Waals surface area contributed by atoms with Crippen LogP contribution in [-0.4, -0.2) is 22.6 Å². The number of phenols is 2. The Hall–Kier alpha value is -3.40. The average molecular weight is 463 g/mol. The molecule has 0 aliphatic heterocycles. The second-order valence-corrected chi connectivity index (χ2v) is 11.0. The lowest BCUT2D eigenvalue weighted by Gasteiger charge is -2.16. The minimum absolute atomic E-state index is 0.301. The van der Waals surface area contributed by atoms with Gasteiger partial charge in [-0.1, -0.05) is 12.1 Å². The van der Waals surface area contributed by atoms with Crippen LogP contribution < -0.4 is 0 Å². The zero-order valence-electron chi connectivity index (χ0n) is 20.0. The van der Waals surface area contributed by atoms with E-state index in [2.05, 4.69) is 12.1 Å². The van der Waals surface area contributed by atoms with Crippen molar-refractivity contribution in [1.82, 2.24) is 0 Å². The van der Waals surface area contributed by atoms with Crippen LogP contribution in [0.2, 0.25) is 0 Å².